The lowest BCUT2D eigenvalue weighted by molar-refractivity contribution is 0.278. The van der Waals surface area contributed by atoms with Crippen LogP contribution in [0.5, 0.6) is 0 Å². The average Bonchev–Trinajstić information content (AvgIpc) is 2.72. The first-order valence-corrected chi connectivity index (χ1v) is 7.18. The molecule has 0 bridgehead atoms. The van der Waals surface area contributed by atoms with E-state index in [2.05, 4.69) is 20.9 Å². The van der Waals surface area contributed by atoms with E-state index in [0.717, 1.165) is 29.4 Å². The minimum absolute atomic E-state index is 0.137. The van der Waals surface area contributed by atoms with E-state index in [1.807, 2.05) is 18.2 Å². The Hall–Kier alpha value is -1.55. The molecule has 2 aromatic rings. The van der Waals surface area contributed by atoms with E-state index in [-0.39, 0.29) is 6.61 Å². The van der Waals surface area contributed by atoms with E-state index < -0.39 is 0 Å². The van der Waals surface area contributed by atoms with Crippen molar-refractivity contribution >= 4 is 17.0 Å². The highest BCUT2D eigenvalue weighted by Gasteiger charge is 2.17. The molecule has 0 saturated heterocycles. The van der Waals surface area contributed by atoms with Gasteiger partial charge in [-0.15, -0.1) is 0 Å². The van der Waals surface area contributed by atoms with Crippen LogP contribution in [0, 0.1) is 5.92 Å². The minimum atomic E-state index is 0.137. The van der Waals surface area contributed by atoms with E-state index in [9.17, 15) is 5.11 Å². The van der Waals surface area contributed by atoms with E-state index in [1.165, 1.54) is 25.7 Å². The summed E-state index contributed by atoms with van der Waals surface area (Å²) in [5.41, 5.74) is 2.07. The zero-order valence-electron chi connectivity index (χ0n) is 11.2. The number of benzene rings is 1. The molecule has 0 amide bonds. The zero-order valence-corrected chi connectivity index (χ0v) is 11.2. The van der Waals surface area contributed by atoms with Gasteiger partial charge in [-0.3, -0.25) is 0 Å². The summed E-state index contributed by atoms with van der Waals surface area (Å²) in [7, 11) is 0. The third-order valence-corrected chi connectivity index (χ3v) is 4.04. The van der Waals surface area contributed by atoms with Crippen molar-refractivity contribution in [3.63, 3.8) is 0 Å². The monoisotopic (exact) mass is 259 g/mol. The third kappa shape index (κ3) is 2.59. The molecule has 4 heteroatoms. The van der Waals surface area contributed by atoms with E-state index in [1.54, 1.807) is 0 Å². The Morgan fingerprint density at radius 3 is 2.89 bits per heavy atom. The second kappa shape index (κ2) is 5.61. The number of aliphatic hydroxyl groups is 1. The number of rotatable bonds is 6. The lowest BCUT2D eigenvalue weighted by Crippen LogP contribution is -2.17. The van der Waals surface area contributed by atoms with Crippen LogP contribution in [0.25, 0.3) is 11.0 Å². The summed E-state index contributed by atoms with van der Waals surface area (Å²) in [5, 5.41) is 12.6. The Kier molecular flexibility index (Phi) is 3.69. The standard InChI is InChI=1S/C15H21N3O/c19-11-10-18-14-7-2-1-6-13(14)17-15(18)16-9-8-12-4-3-5-12/h1-2,6-7,12,19H,3-5,8-11H2,(H,16,17). The van der Waals surface area contributed by atoms with E-state index >= 15 is 0 Å². The van der Waals surface area contributed by atoms with Crippen molar-refractivity contribution in [3.8, 4) is 0 Å². The lowest BCUT2D eigenvalue weighted by Gasteiger charge is -2.25. The summed E-state index contributed by atoms with van der Waals surface area (Å²) in [6.07, 6.45) is 5.39. The molecule has 4 nitrogen and oxygen atoms in total. The van der Waals surface area contributed by atoms with Crippen molar-refractivity contribution in [2.45, 2.75) is 32.2 Å². The van der Waals surface area contributed by atoms with Crippen LogP contribution >= 0.6 is 0 Å². The van der Waals surface area contributed by atoms with Crippen LogP contribution in [0.4, 0.5) is 5.95 Å². The summed E-state index contributed by atoms with van der Waals surface area (Å²) in [6, 6.07) is 8.07. The number of nitrogens with zero attached hydrogens (tertiary/aromatic N) is 2. The number of anilines is 1. The van der Waals surface area contributed by atoms with Gasteiger partial charge in [0.1, 0.15) is 0 Å². The van der Waals surface area contributed by atoms with Gasteiger partial charge < -0.3 is 15.0 Å². The largest absolute Gasteiger partial charge is 0.395 e. The molecule has 1 aromatic heterocycles. The highest BCUT2D eigenvalue weighted by Crippen LogP contribution is 2.29. The van der Waals surface area contributed by atoms with Crippen LogP contribution in [0.1, 0.15) is 25.7 Å². The van der Waals surface area contributed by atoms with Crippen LogP contribution in [0.2, 0.25) is 0 Å². The van der Waals surface area contributed by atoms with Crippen LogP contribution in [0.3, 0.4) is 0 Å². The van der Waals surface area contributed by atoms with E-state index in [0.29, 0.717) is 6.54 Å². The summed E-state index contributed by atoms with van der Waals surface area (Å²) in [6.45, 7) is 1.70. The van der Waals surface area contributed by atoms with Crippen molar-refractivity contribution in [1.29, 1.82) is 0 Å². The molecule has 1 aliphatic carbocycles. The number of nitrogens with one attached hydrogen (secondary N) is 1. The quantitative estimate of drug-likeness (QED) is 0.838. The molecule has 1 heterocycles. The first kappa shape index (κ1) is 12.5. The summed E-state index contributed by atoms with van der Waals surface area (Å²) >= 11 is 0. The topological polar surface area (TPSA) is 50.1 Å². The van der Waals surface area contributed by atoms with Crippen LogP contribution < -0.4 is 5.32 Å². The average molecular weight is 259 g/mol. The molecular weight excluding hydrogens is 238 g/mol. The Bertz CT molecular complexity index is 545. The van der Waals surface area contributed by atoms with Gasteiger partial charge in [0.25, 0.3) is 0 Å². The molecule has 1 saturated carbocycles. The van der Waals surface area contributed by atoms with Crippen molar-refractivity contribution in [1.82, 2.24) is 9.55 Å². The highest BCUT2D eigenvalue weighted by atomic mass is 16.3. The molecule has 2 N–H and O–H groups in total. The molecule has 3 rings (SSSR count). The fourth-order valence-electron chi connectivity index (χ4n) is 2.71. The van der Waals surface area contributed by atoms with Crippen LogP contribution in [0.15, 0.2) is 24.3 Å². The van der Waals surface area contributed by atoms with Gasteiger partial charge in [0, 0.05) is 13.1 Å². The molecule has 1 aliphatic rings. The fourth-order valence-corrected chi connectivity index (χ4v) is 2.71. The number of aromatic nitrogens is 2. The maximum absolute atomic E-state index is 9.21. The number of aliphatic hydroxyl groups excluding tert-OH is 1. The van der Waals surface area contributed by atoms with Gasteiger partial charge in [0.05, 0.1) is 17.6 Å². The predicted octanol–water partition coefficient (Wildman–Crippen LogP) is 2.63. The van der Waals surface area contributed by atoms with Crippen molar-refractivity contribution < 1.29 is 5.11 Å². The fraction of sp³-hybridized carbons (Fsp3) is 0.533. The molecule has 0 unspecified atom stereocenters. The minimum Gasteiger partial charge on any atom is -0.395 e. The molecule has 0 spiro atoms. The van der Waals surface area contributed by atoms with Gasteiger partial charge in [-0.1, -0.05) is 31.4 Å². The maximum atomic E-state index is 9.21. The lowest BCUT2D eigenvalue weighted by atomic mass is 9.83. The van der Waals surface area contributed by atoms with Gasteiger partial charge in [0.15, 0.2) is 0 Å². The van der Waals surface area contributed by atoms with Gasteiger partial charge in [-0.2, -0.15) is 0 Å². The Labute approximate surface area is 113 Å². The molecule has 1 aromatic carbocycles. The zero-order chi connectivity index (χ0) is 13.1. The second-order valence-electron chi connectivity index (χ2n) is 5.31. The van der Waals surface area contributed by atoms with E-state index in [4.69, 9.17) is 0 Å². The molecule has 102 valence electrons. The summed E-state index contributed by atoms with van der Waals surface area (Å²) in [4.78, 5) is 4.61. The molecule has 0 radical (unpaired) electrons. The summed E-state index contributed by atoms with van der Waals surface area (Å²) < 4.78 is 2.07. The Balaban J connectivity index is 1.74. The Morgan fingerprint density at radius 2 is 2.16 bits per heavy atom. The molecule has 1 fully saturated rings. The SMILES string of the molecule is OCCn1c(NCCC2CCC2)nc2ccccc21. The number of imidazole rings is 1. The predicted molar refractivity (Wildman–Crippen MR) is 77.3 cm³/mol. The van der Waals surface area contributed by atoms with Gasteiger partial charge in [-0.25, -0.2) is 4.98 Å². The second-order valence-corrected chi connectivity index (χ2v) is 5.31. The molecule has 0 aliphatic heterocycles. The number of para-hydroxylation sites is 2. The summed E-state index contributed by atoms with van der Waals surface area (Å²) in [5.74, 6) is 1.79. The third-order valence-electron chi connectivity index (χ3n) is 4.04. The normalized spacial score (nSPS) is 15.6. The van der Waals surface area contributed by atoms with Crippen LogP contribution in [-0.2, 0) is 6.54 Å². The molecule has 0 atom stereocenters. The first-order chi connectivity index (χ1) is 9.38. The maximum Gasteiger partial charge on any atom is 0.203 e. The van der Waals surface area contributed by atoms with Gasteiger partial charge >= 0.3 is 0 Å². The Morgan fingerprint density at radius 1 is 1.32 bits per heavy atom. The molecular formula is C15H21N3O. The highest BCUT2D eigenvalue weighted by molar-refractivity contribution is 5.78. The smallest absolute Gasteiger partial charge is 0.203 e. The number of hydrogen-bond acceptors (Lipinski definition) is 3. The van der Waals surface area contributed by atoms with Crippen molar-refractivity contribution in [3.05, 3.63) is 24.3 Å². The van der Waals surface area contributed by atoms with Crippen molar-refractivity contribution in [2.24, 2.45) is 5.92 Å². The van der Waals surface area contributed by atoms with Gasteiger partial charge in [-0.05, 0) is 24.5 Å². The van der Waals surface area contributed by atoms with Gasteiger partial charge in [0.2, 0.25) is 5.95 Å². The van der Waals surface area contributed by atoms with Crippen molar-refractivity contribution in [2.75, 3.05) is 18.5 Å². The number of fused-ring (bicyclic) bond motifs is 1. The van der Waals surface area contributed by atoms with Crippen LogP contribution in [-0.4, -0.2) is 27.8 Å². The first-order valence-electron chi connectivity index (χ1n) is 7.18. The number of hydrogen-bond donors (Lipinski definition) is 2. The molecule has 19 heavy (non-hydrogen) atoms.